The van der Waals surface area contributed by atoms with Gasteiger partial charge in [-0.2, -0.15) is 11.8 Å². The maximum Gasteiger partial charge on any atom is 0.193 e. The van der Waals surface area contributed by atoms with Crippen LogP contribution in [0, 0.1) is 6.92 Å². The van der Waals surface area contributed by atoms with Crippen LogP contribution in [0.3, 0.4) is 0 Å². The van der Waals surface area contributed by atoms with Crippen molar-refractivity contribution in [2.45, 2.75) is 19.8 Å². The number of nitrogens with two attached hydrogens (primary N) is 1. The highest BCUT2D eigenvalue weighted by Crippen LogP contribution is 2.07. The Morgan fingerprint density at radius 2 is 1.94 bits per heavy atom. The molecule has 1 aromatic rings. The van der Waals surface area contributed by atoms with Crippen LogP contribution in [0.2, 0.25) is 0 Å². The molecule has 0 radical (unpaired) electrons. The molecule has 0 unspecified atom stereocenters. The van der Waals surface area contributed by atoms with E-state index < -0.39 is 0 Å². The van der Waals surface area contributed by atoms with Crippen LogP contribution in [0.4, 0.5) is 5.69 Å². The lowest BCUT2D eigenvalue weighted by Crippen LogP contribution is -2.22. The fourth-order valence-electron chi connectivity index (χ4n) is 1.38. The standard InChI is InChI=1S/C13H21N3S.HI/c1-11-5-7-12(8-6-11)16-13(14)15-9-3-4-10-17-2;/h5-8H,3-4,9-10H2,1-2H3,(H3,14,15,16);1H. The van der Waals surface area contributed by atoms with Crippen LogP contribution in [0.25, 0.3) is 0 Å². The first kappa shape index (κ1) is 17.6. The van der Waals surface area contributed by atoms with Gasteiger partial charge in [0.1, 0.15) is 0 Å². The summed E-state index contributed by atoms with van der Waals surface area (Å²) in [6.45, 7) is 2.86. The van der Waals surface area contributed by atoms with Crippen LogP contribution in [0.1, 0.15) is 18.4 Å². The van der Waals surface area contributed by atoms with E-state index in [0.29, 0.717) is 5.96 Å². The van der Waals surface area contributed by atoms with Gasteiger partial charge in [-0.3, -0.25) is 4.99 Å². The van der Waals surface area contributed by atoms with Crippen LogP contribution in [0.15, 0.2) is 29.3 Å². The molecule has 0 bridgehead atoms. The van der Waals surface area contributed by atoms with E-state index in [1.54, 1.807) is 0 Å². The summed E-state index contributed by atoms with van der Waals surface area (Å²) in [4.78, 5) is 4.29. The van der Waals surface area contributed by atoms with Crippen molar-refractivity contribution >= 4 is 47.4 Å². The molecule has 5 heteroatoms. The maximum atomic E-state index is 5.79. The maximum absolute atomic E-state index is 5.79. The fraction of sp³-hybridized carbons (Fsp3) is 0.462. The van der Waals surface area contributed by atoms with E-state index in [1.807, 2.05) is 36.0 Å². The average molecular weight is 379 g/mol. The molecule has 0 aliphatic carbocycles. The lowest BCUT2D eigenvalue weighted by atomic mass is 10.2. The van der Waals surface area contributed by atoms with E-state index in [-0.39, 0.29) is 24.0 Å². The van der Waals surface area contributed by atoms with Gasteiger partial charge in [0.2, 0.25) is 0 Å². The van der Waals surface area contributed by atoms with Gasteiger partial charge in [-0.25, -0.2) is 0 Å². The Morgan fingerprint density at radius 1 is 1.28 bits per heavy atom. The number of guanidine groups is 1. The van der Waals surface area contributed by atoms with Gasteiger partial charge in [0.25, 0.3) is 0 Å². The van der Waals surface area contributed by atoms with Gasteiger partial charge >= 0.3 is 0 Å². The number of rotatable bonds is 6. The lowest BCUT2D eigenvalue weighted by molar-refractivity contribution is 0.815. The first-order chi connectivity index (χ1) is 8.22. The molecule has 0 heterocycles. The number of hydrogen-bond acceptors (Lipinski definition) is 2. The summed E-state index contributed by atoms with van der Waals surface area (Å²) in [5.74, 6) is 1.69. The van der Waals surface area contributed by atoms with E-state index in [1.165, 1.54) is 17.7 Å². The molecular weight excluding hydrogens is 357 g/mol. The van der Waals surface area contributed by atoms with Crippen molar-refractivity contribution in [3.63, 3.8) is 0 Å². The molecule has 3 N–H and O–H groups in total. The van der Waals surface area contributed by atoms with Crippen molar-refractivity contribution in [1.82, 2.24) is 0 Å². The monoisotopic (exact) mass is 379 g/mol. The highest BCUT2D eigenvalue weighted by atomic mass is 127. The molecule has 0 saturated heterocycles. The second-order valence-corrected chi connectivity index (χ2v) is 4.94. The molecule has 18 heavy (non-hydrogen) atoms. The van der Waals surface area contributed by atoms with Crippen LogP contribution in [-0.4, -0.2) is 24.5 Å². The summed E-state index contributed by atoms with van der Waals surface area (Å²) in [5.41, 5.74) is 8.02. The van der Waals surface area contributed by atoms with Gasteiger partial charge in [0.05, 0.1) is 0 Å². The number of anilines is 1. The summed E-state index contributed by atoms with van der Waals surface area (Å²) >= 11 is 1.87. The third kappa shape index (κ3) is 7.81. The van der Waals surface area contributed by atoms with Crippen LogP contribution in [-0.2, 0) is 0 Å². The fourth-order valence-corrected chi connectivity index (χ4v) is 1.87. The third-order valence-corrected chi connectivity index (χ3v) is 3.06. The van der Waals surface area contributed by atoms with E-state index in [9.17, 15) is 0 Å². The van der Waals surface area contributed by atoms with Crippen molar-refractivity contribution in [2.75, 3.05) is 23.9 Å². The smallest absolute Gasteiger partial charge is 0.193 e. The topological polar surface area (TPSA) is 50.4 Å². The Hall–Kier alpha value is -0.430. The summed E-state index contributed by atoms with van der Waals surface area (Å²) in [6, 6.07) is 8.11. The van der Waals surface area contributed by atoms with Crippen LogP contribution in [0.5, 0.6) is 0 Å². The summed E-state index contributed by atoms with van der Waals surface area (Å²) in [7, 11) is 0. The molecule has 0 amide bonds. The second-order valence-electron chi connectivity index (χ2n) is 3.96. The van der Waals surface area contributed by atoms with E-state index >= 15 is 0 Å². The summed E-state index contributed by atoms with van der Waals surface area (Å²) in [5, 5.41) is 3.08. The Labute approximate surface area is 131 Å². The van der Waals surface area contributed by atoms with Crippen LogP contribution < -0.4 is 11.1 Å². The van der Waals surface area contributed by atoms with Crippen molar-refractivity contribution in [3.05, 3.63) is 29.8 Å². The Kier molecular flexibility index (Phi) is 10.2. The van der Waals surface area contributed by atoms with E-state index in [4.69, 9.17) is 5.73 Å². The molecule has 0 saturated carbocycles. The van der Waals surface area contributed by atoms with Gasteiger partial charge in [-0.15, -0.1) is 24.0 Å². The number of unbranched alkanes of at least 4 members (excludes halogenated alkanes) is 1. The highest BCUT2D eigenvalue weighted by Gasteiger charge is 1.94. The quantitative estimate of drug-likeness (QED) is 0.344. The van der Waals surface area contributed by atoms with Gasteiger partial charge in [0, 0.05) is 12.2 Å². The predicted molar refractivity (Wildman–Crippen MR) is 94.3 cm³/mol. The third-order valence-electron chi connectivity index (χ3n) is 2.36. The Morgan fingerprint density at radius 3 is 2.56 bits per heavy atom. The number of benzene rings is 1. The molecule has 102 valence electrons. The molecule has 1 aromatic carbocycles. The summed E-state index contributed by atoms with van der Waals surface area (Å²) in [6.07, 6.45) is 4.41. The van der Waals surface area contributed by atoms with Crippen molar-refractivity contribution < 1.29 is 0 Å². The largest absolute Gasteiger partial charge is 0.370 e. The number of nitrogens with one attached hydrogen (secondary N) is 1. The number of aryl methyl sites for hydroxylation is 1. The summed E-state index contributed by atoms with van der Waals surface area (Å²) < 4.78 is 0. The zero-order valence-electron chi connectivity index (χ0n) is 11.0. The molecule has 1 rings (SSSR count). The van der Waals surface area contributed by atoms with Crippen molar-refractivity contribution in [3.8, 4) is 0 Å². The highest BCUT2D eigenvalue weighted by molar-refractivity contribution is 14.0. The number of aliphatic imine (C=N–C) groups is 1. The molecule has 0 aliphatic heterocycles. The predicted octanol–water partition coefficient (Wildman–Crippen LogP) is 3.48. The SMILES string of the molecule is CSCCCCN=C(N)Nc1ccc(C)cc1.I. The molecular formula is C13H22IN3S. The van der Waals surface area contributed by atoms with Crippen LogP contribution >= 0.6 is 35.7 Å². The normalized spacial score (nSPS) is 10.9. The molecule has 0 aromatic heterocycles. The van der Waals surface area contributed by atoms with E-state index in [2.05, 4.69) is 23.5 Å². The number of halogens is 1. The first-order valence-corrected chi connectivity index (χ1v) is 7.24. The number of nitrogens with zero attached hydrogens (tertiary/aromatic N) is 1. The first-order valence-electron chi connectivity index (χ1n) is 5.85. The Bertz CT molecular complexity index is 352. The number of hydrogen-bond donors (Lipinski definition) is 2. The van der Waals surface area contributed by atoms with Crippen molar-refractivity contribution in [1.29, 1.82) is 0 Å². The van der Waals surface area contributed by atoms with Gasteiger partial charge < -0.3 is 11.1 Å². The average Bonchev–Trinajstić information content (AvgIpc) is 2.32. The zero-order valence-corrected chi connectivity index (χ0v) is 14.1. The molecule has 0 atom stereocenters. The van der Waals surface area contributed by atoms with Crippen molar-refractivity contribution in [2.24, 2.45) is 10.7 Å². The lowest BCUT2D eigenvalue weighted by Gasteiger charge is -2.05. The second kappa shape index (κ2) is 10.5. The molecule has 0 aliphatic rings. The molecule has 0 spiro atoms. The van der Waals surface area contributed by atoms with Gasteiger partial charge in [-0.1, -0.05) is 17.7 Å². The molecule has 3 nitrogen and oxygen atoms in total. The van der Waals surface area contributed by atoms with E-state index in [0.717, 1.165) is 18.7 Å². The zero-order chi connectivity index (χ0) is 12.5. The minimum atomic E-state index is 0. The Balaban J connectivity index is 0.00000289. The number of thioether (sulfide) groups is 1. The minimum Gasteiger partial charge on any atom is -0.370 e. The minimum absolute atomic E-state index is 0. The van der Waals surface area contributed by atoms with Gasteiger partial charge in [0.15, 0.2) is 5.96 Å². The molecule has 0 fully saturated rings. The van der Waals surface area contributed by atoms with Gasteiger partial charge in [-0.05, 0) is 43.9 Å².